The third kappa shape index (κ3) is 4.61. The van der Waals surface area contributed by atoms with Crippen molar-refractivity contribution in [1.29, 1.82) is 0 Å². The summed E-state index contributed by atoms with van der Waals surface area (Å²) in [4.78, 5) is 2.35. The molecule has 2 N–H and O–H groups in total. The molecule has 0 radical (unpaired) electrons. The molecule has 3 aromatic carbocycles. The van der Waals surface area contributed by atoms with Gasteiger partial charge in [0.05, 0.1) is 4.90 Å². The van der Waals surface area contributed by atoms with E-state index in [1.165, 1.54) is 12.1 Å². The predicted molar refractivity (Wildman–Crippen MR) is 106 cm³/mol. The molecule has 0 aromatic heterocycles. The molecule has 3 rings (SSSR count). The van der Waals surface area contributed by atoms with Gasteiger partial charge in [0.15, 0.2) is 0 Å². The molecule has 0 aliphatic carbocycles. The lowest BCUT2D eigenvalue weighted by molar-refractivity contribution is 0.247. The topological polar surface area (TPSA) is 78.8 Å². The molecule has 138 valence electrons. The molecule has 1 atom stereocenters. The van der Waals surface area contributed by atoms with Crippen molar-refractivity contribution in [3.05, 3.63) is 102 Å². The van der Waals surface area contributed by atoms with E-state index in [-0.39, 0.29) is 10.6 Å². The minimum absolute atomic E-state index is 0.110. The molecule has 0 spiro atoms. The first-order chi connectivity index (χ1) is 13.0. The Kier molecular flexibility index (Phi) is 5.69. The lowest BCUT2D eigenvalue weighted by Gasteiger charge is -2.15. The lowest BCUT2D eigenvalue weighted by atomic mass is 9.99. The van der Waals surface area contributed by atoms with Crippen LogP contribution in [0, 0.1) is 6.92 Å². The zero-order valence-electron chi connectivity index (χ0n) is 14.8. The normalized spacial score (nSPS) is 13.2. The number of aliphatic hydroxyl groups excluding tert-OH is 1. The van der Waals surface area contributed by atoms with Gasteiger partial charge in [-0.25, -0.2) is 0 Å². The highest BCUT2D eigenvalue weighted by molar-refractivity contribution is 7.89. The molecule has 0 bridgehead atoms. The monoisotopic (exact) mass is 380 g/mol. The highest BCUT2D eigenvalue weighted by Gasteiger charge is 2.19. The predicted octanol–water partition coefficient (Wildman–Crippen LogP) is 3.41. The minimum Gasteiger partial charge on any atom is -0.382 e. The summed E-state index contributed by atoms with van der Waals surface area (Å²) in [5.41, 5.74) is 2.43. The molecule has 0 saturated carbocycles. The molecular formula is C21H20N2O3S. The molecule has 0 aliphatic heterocycles. The van der Waals surface area contributed by atoms with Gasteiger partial charge in [0.25, 0.3) is 10.0 Å². The van der Waals surface area contributed by atoms with Crippen molar-refractivity contribution in [2.24, 2.45) is 5.10 Å². The third-order valence-corrected chi connectivity index (χ3v) is 5.29. The molecule has 0 heterocycles. The number of benzene rings is 3. The van der Waals surface area contributed by atoms with Crippen molar-refractivity contribution in [3.8, 4) is 0 Å². The average molecular weight is 380 g/mol. The van der Waals surface area contributed by atoms with Gasteiger partial charge in [-0.15, -0.1) is 0 Å². The molecule has 0 saturated heterocycles. The second-order valence-electron chi connectivity index (χ2n) is 6.08. The number of rotatable bonds is 6. The molecule has 0 fully saturated rings. The maximum atomic E-state index is 12.5. The van der Waals surface area contributed by atoms with Gasteiger partial charge in [0, 0.05) is 5.56 Å². The summed E-state index contributed by atoms with van der Waals surface area (Å²) in [6.07, 6.45) is -1.07. The average Bonchev–Trinajstić information content (AvgIpc) is 2.70. The quantitative estimate of drug-likeness (QED) is 0.508. The van der Waals surface area contributed by atoms with Crippen LogP contribution in [0.1, 0.15) is 22.8 Å². The van der Waals surface area contributed by atoms with Crippen molar-refractivity contribution >= 4 is 15.7 Å². The summed E-state index contributed by atoms with van der Waals surface area (Å²) >= 11 is 0. The van der Waals surface area contributed by atoms with Crippen LogP contribution >= 0.6 is 0 Å². The van der Waals surface area contributed by atoms with E-state index >= 15 is 0 Å². The Hall–Kier alpha value is -2.96. The van der Waals surface area contributed by atoms with Crippen LogP contribution < -0.4 is 4.83 Å². The SMILES string of the molecule is Cc1ccc(S(=O)(=O)N/N=C(/c2ccccc2)[C@H](O)c2ccccc2)cc1. The first kappa shape index (κ1) is 18.8. The van der Waals surface area contributed by atoms with Gasteiger partial charge in [-0.3, -0.25) is 0 Å². The van der Waals surface area contributed by atoms with Crippen LogP contribution in [0.15, 0.2) is 94.9 Å². The maximum absolute atomic E-state index is 12.5. The standard InChI is InChI=1S/C21H20N2O3S/c1-16-12-14-19(15-13-16)27(25,26)23-22-20(17-8-4-2-5-9-17)21(24)18-10-6-3-7-11-18/h2-15,21,23-24H,1H3/b22-20-/t21-/m1/s1. The molecule has 3 aromatic rings. The summed E-state index contributed by atoms with van der Waals surface area (Å²) in [6.45, 7) is 1.88. The van der Waals surface area contributed by atoms with Gasteiger partial charge in [-0.1, -0.05) is 78.4 Å². The van der Waals surface area contributed by atoms with Gasteiger partial charge < -0.3 is 5.11 Å². The van der Waals surface area contributed by atoms with E-state index in [2.05, 4.69) is 9.93 Å². The first-order valence-corrected chi connectivity index (χ1v) is 9.90. The number of nitrogens with one attached hydrogen (secondary N) is 1. The van der Waals surface area contributed by atoms with E-state index in [0.717, 1.165) is 5.56 Å². The fourth-order valence-electron chi connectivity index (χ4n) is 2.57. The van der Waals surface area contributed by atoms with Crippen LogP contribution in [-0.4, -0.2) is 19.2 Å². The Morgan fingerprint density at radius 1 is 0.889 bits per heavy atom. The smallest absolute Gasteiger partial charge is 0.276 e. The van der Waals surface area contributed by atoms with Crippen LogP contribution in [0.4, 0.5) is 0 Å². The van der Waals surface area contributed by atoms with E-state index in [0.29, 0.717) is 11.1 Å². The zero-order chi connectivity index (χ0) is 19.3. The highest BCUT2D eigenvalue weighted by Crippen LogP contribution is 2.19. The minimum atomic E-state index is -3.84. The summed E-state index contributed by atoms with van der Waals surface area (Å²) in [7, 11) is -3.84. The van der Waals surface area contributed by atoms with E-state index in [1.54, 1.807) is 60.7 Å². The third-order valence-electron chi connectivity index (χ3n) is 4.06. The Morgan fingerprint density at radius 2 is 1.44 bits per heavy atom. The Bertz CT molecular complexity index is 1020. The summed E-state index contributed by atoms with van der Waals surface area (Å²) in [5, 5.41) is 14.8. The fraction of sp³-hybridized carbons (Fsp3) is 0.0952. The number of aliphatic hydroxyl groups is 1. The van der Waals surface area contributed by atoms with Crippen molar-refractivity contribution in [2.45, 2.75) is 17.9 Å². The second-order valence-corrected chi connectivity index (χ2v) is 7.74. The number of aryl methyl sites for hydroxylation is 1. The van der Waals surface area contributed by atoms with Gasteiger partial charge >= 0.3 is 0 Å². The molecular weight excluding hydrogens is 360 g/mol. The molecule has 0 unspecified atom stereocenters. The Morgan fingerprint density at radius 3 is 2.04 bits per heavy atom. The molecule has 0 aliphatic rings. The molecule has 5 nitrogen and oxygen atoms in total. The highest BCUT2D eigenvalue weighted by atomic mass is 32.2. The van der Waals surface area contributed by atoms with Crippen molar-refractivity contribution in [2.75, 3.05) is 0 Å². The molecule has 27 heavy (non-hydrogen) atoms. The zero-order valence-corrected chi connectivity index (χ0v) is 15.6. The largest absolute Gasteiger partial charge is 0.382 e. The maximum Gasteiger partial charge on any atom is 0.276 e. The number of hydrogen-bond acceptors (Lipinski definition) is 4. The fourth-order valence-corrected chi connectivity index (χ4v) is 3.38. The van der Waals surface area contributed by atoms with Crippen LogP contribution in [-0.2, 0) is 10.0 Å². The van der Waals surface area contributed by atoms with Crippen LogP contribution in [0.3, 0.4) is 0 Å². The van der Waals surface area contributed by atoms with Gasteiger partial charge in [0.2, 0.25) is 0 Å². The van der Waals surface area contributed by atoms with Crippen LogP contribution in [0.25, 0.3) is 0 Å². The molecule has 0 amide bonds. The second kappa shape index (κ2) is 8.16. The number of nitrogens with zero attached hydrogens (tertiary/aromatic N) is 1. The van der Waals surface area contributed by atoms with Gasteiger partial charge in [0.1, 0.15) is 11.8 Å². The van der Waals surface area contributed by atoms with Gasteiger partial charge in [-0.05, 0) is 24.6 Å². The van der Waals surface area contributed by atoms with Crippen molar-refractivity contribution in [3.63, 3.8) is 0 Å². The van der Waals surface area contributed by atoms with Crippen LogP contribution in [0.2, 0.25) is 0 Å². The van der Waals surface area contributed by atoms with Crippen LogP contribution in [0.5, 0.6) is 0 Å². The lowest BCUT2D eigenvalue weighted by Crippen LogP contribution is -2.23. The van der Waals surface area contributed by atoms with Crippen molar-refractivity contribution in [1.82, 2.24) is 4.83 Å². The van der Waals surface area contributed by atoms with Gasteiger partial charge in [-0.2, -0.15) is 18.4 Å². The number of sulfonamides is 1. The number of hydrazone groups is 1. The van der Waals surface area contributed by atoms with E-state index in [1.807, 2.05) is 19.1 Å². The summed E-state index contributed by atoms with van der Waals surface area (Å²) < 4.78 is 25.1. The summed E-state index contributed by atoms with van der Waals surface area (Å²) in [6, 6.07) is 24.4. The van der Waals surface area contributed by atoms with Crippen molar-refractivity contribution < 1.29 is 13.5 Å². The Labute approximate surface area is 159 Å². The first-order valence-electron chi connectivity index (χ1n) is 8.42. The summed E-state index contributed by atoms with van der Waals surface area (Å²) in [5.74, 6) is 0. The van der Waals surface area contributed by atoms with E-state index in [9.17, 15) is 13.5 Å². The Balaban J connectivity index is 1.96. The number of hydrogen-bond donors (Lipinski definition) is 2. The van der Waals surface area contributed by atoms with E-state index < -0.39 is 16.1 Å². The van der Waals surface area contributed by atoms with E-state index in [4.69, 9.17) is 0 Å². The molecule has 6 heteroatoms.